The molecule has 0 spiro atoms. The number of ether oxygens (including phenoxy) is 2. The molecule has 6 nitrogen and oxygen atoms in total. The van der Waals surface area contributed by atoms with Gasteiger partial charge in [0.15, 0.2) is 4.96 Å². The smallest absolute Gasteiger partial charge is 0.224 e. The van der Waals surface area contributed by atoms with Crippen LogP contribution in [0.2, 0.25) is 5.02 Å². The van der Waals surface area contributed by atoms with Gasteiger partial charge in [-0.05, 0) is 48.9 Å². The molecule has 0 unspecified atom stereocenters. The minimum atomic E-state index is -0.106. The Kier molecular flexibility index (Phi) is 5.92. The standard InChI is InChI=1S/C22H20ClN3O3S/c1-28-17-7-3-14(4-8-17)19-12-26-16(13-30-22(26)25-19)6-10-21(27)24-18-11-15(23)5-9-20(18)29-2/h3-5,7-9,11-13H,6,10H2,1-2H3,(H,24,27). The van der Waals surface area contributed by atoms with Gasteiger partial charge in [-0.3, -0.25) is 9.20 Å². The Hall–Kier alpha value is -3.03. The van der Waals surface area contributed by atoms with Gasteiger partial charge >= 0.3 is 0 Å². The summed E-state index contributed by atoms with van der Waals surface area (Å²) < 4.78 is 12.5. The molecule has 2 aromatic heterocycles. The summed E-state index contributed by atoms with van der Waals surface area (Å²) in [7, 11) is 3.20. The highest BCUT2D eigenvalue weighted by Gasteiger charge is 2.13. The Bertz CT molecular complexity index is 1180. The lowest BCUT2D eigenvalue weighted by Crippen LogP contribution is -2.13. The number of amides is 1. The number of benzene rings is 2. The van der Waals surface area contributed by atoms with Crippen molar-refractivity contribution < 1.29 is 14.3 Å². The zero-order valence-electron chi connectivity index (χ0n) is 16.5. The van der Waals surface area contributed by atoms with Gasteiger partial charge in [0.25, 0.3) is 0 Å². The van der Waals surface area contributed by atoms with Crippen LogP contribution in [0.5, 0.6) is 11.5 Å². The summed E-state index contributed by atoms with van der Waals surface area (Å²) in [5, 5.41) is 5.45. The van der Waals surface area contributed by atoms with Gasteiger partial charge in [-0.15, -0.1) is 11.3 Å². The number of thiazole rings is 1. The lowest BCUT2D eigenvalue weighted by atomic mass is 10.1. The summed E-state index contributed by atoms with van der Waals surface area (Å²) in [6.07, 6.45) is 2.92. The van der Waals surface area contributed by atoms with Crippen molar-refractivity contribution in [3.05, 3.63) is 64.8 Å². The van der Waals surface area contributed by atoms with E-state index < -0.39 is 0 Å². The highest BCUT2D eigenvalue weighted by molar-refractivity contribution is 7.15. The van der Waals surface area contributed by atoms with Crippen LogP contribution in [0.15, 0.2) is 54.0 Å². The Labute approximate surface area is 183 Å². The molecule has 4 rings (SSSR count). The van der Waals surface area contributed by atoms with E-state index in [0.717, 1.165) is 27.7 Å². The minimum Gasteiger partial charge on any atom is -0.497 e. The predicted octanol–water partition coefficient (Wildman–Crippen LogP) is 5.30. The molecule has 0 aliphatic rings. The first-order valence-electron chi connectivity index (χ1n) is 9.30. The van der Waals surface area contributed by atoms with E-state index in [1.54, 1.807) is 43.8 Å². The van der Waals surface area contributed by atoms with Crippen molar-refractivity contribution in [2.24, 2.45) is 0 Å². The molecule has 0 fully saturated rings. The normalized spacial score (nSPS) is 10.9. The number of aromatic nitrogens is 2. The van der Waals surface area contributed by atoms with Gasteiger partial charge in [0.2, 0.25) is 5.91 Å². The van der Waals surface area contributed by atoms with Crippen molar-refractivity contribution in [1.29, 1.82) is 0 Å². The van der Waals surface area contributed by atoms with Crippen molar-refractivity contribution in [3.63, 3.8) is 0 Å². The maximum atomic E-state index is 12.5. The number of rotatable bonds is 7. The van der Waals surface area contributed by atoms with Crippen LogP contribution in [-0.2, 0) is 11.2 Å². The maximum absolute atomic E-state index is 12.5. The summed E-state index contributed by atoms with van der Waals surface area (Å²) in [4.78, 5) is 18.1. The molecule has 1 N–H and O–H groups in total. The van der Waals surface area contributed by atoms with Crippen LogP contribution in [-0.4, -0.2) is 29.5 Å². The van der Waals surface area contributed by atoms with Crippen molar-refractivity contribution in [3.8, 4) is 22.8 Å². The molecule has 2 heterocycles. The molecular weight excluding hydrogens is 422 g/mol. The Morgan fingerprint density at radius 1 is 1.17 bits per heavy atom. The SMILES string of the molecule is COc1ccc(-c2cn3c(CCC(=O)Nc4cc(Cl)ccc4OC)csc3n2)cc1. The number of aryl methyl sites for hydroxylation is 1. The Morgan fingerprint density at radius 3 is 2.70 bits per heavy atom. The third kappa shape index (κ3) is 4.27. The van der Waals surface area contributed by atoms with Crippen LogP contribution < -0.4 is 14.8 Å². The zero-order chi connectivity index (χ0) is 21.1. The van der Waals surface area contributed by atoms with Crippen LogP contribution >= 0.6 is 22.9 Å². The number of anilines is 1. The maximum Gasteiger partial charge on any atom is 0.224 e. The van der Waals surface area contributed by atoms with Gasteiger partial charge in [0.1, 0.15) is 11.5 Å². The van der Waals surface area contributed by atoms with Crippen molar-refractivity contribution in [1.82, 2.24) is 9.38 Å². The first-order valence-corrected chi connectivity index (χ1v) is 10.6. The molecule has 154 valence electrons. The Balaban J connectivity index is 1.46. The third-order valence-corrected chi connectivity index (χ3v) is 5.84. The van der Waals surface area contributed by atoms with Crippen LogP contribution in [0.1, 0.15) is 12.1 Å². The number of imidazole rings is 1. The molecule has 0 saturated heterocycles. The van der Waals surface area contributed by atoms with E-state index >= 15 is 0 Å². The molecule has 8 heteroatoms. The number of methoxy groups -OCH3 is 2. The largest absolute Gasteiger partial charge is 0.497 e. The van der Waals surface area contributed by atoms with E-state index in [2.05, 4.69) is 5.32 Å². The molecule has 4 aromatic rings. The summed E-state index contributed by atoms with van der Waals surface area (Å²) in [6.45, 7) is 0. The summed E-state index contributed by atoms with van der Waals surface area (Å²) in [5.74, 6) is 1.28. The number of carbonyl (C=O) groups excluding carboxylic acids is 1. The highest BCUT2D eigenvalue weighted by atomic mass is 35.5. The first-order chi connectivity index (χ1) is 14.6. The average Bonchev–Trinajstić information content (AvgIpc) is 3.34. The molecule has 0 aliphatic heterocycles. The summed E-state index contributed by atoms with van der Waals surface area (Å²) in [5.41, 5.74) is 3.51. The van der Waals surface area contributed by atoms with Gasteiger partial charge < -0.3 is 14.8 Å². The molecule has 0 atom stereocenters. The van der Waals surface area contributed by atoms with Crippen molar-refractivity contribution >= 4 is 39.5 Å². The van der Waals surface area contributed by atoms with E-state index in [4.69, 9.17) is 26.1 Å². The number of halogens is 1. The van der Waals surface area contributed by atoms with Gasteiger partial charge in [0, 0.05) is 34.3 Å². The highest BCUT2D eigenvalue weighted by Crippen LogP contribution is 2.28. The molecule has 0 aliphatic carbocycles. The molecule has 1 amide bonds. The second-order valence-electron chi connectivity index (χ2n) is 6.63. The number of nitrogens with one attached hydrogen (secondary N) is 1. The number of carbonyl (C=O) groups is 1. The van der Waals surface area contributed by atoms with Crippen molar-refractivity contribution in [2.75, 3.05) is 19.5 Å². The van der Waals surface area contributed by atoms with E-state index in [1.165, 1.54) is 0 Å². The van der Waals surface area contributed by atoms with E-state index in [-0.39, 0.29) is 5.91 Å². The minimum absolute atomic E-state index is 0.106. The monoisotopic (exact) mass is 441 g/mol. The van der Waals surface area contributed by atoms with Gasteiger partial charge in [-0.1, -0.05) is 11.6 Å². The molecule has 0 radical (unpaired) electrons. The van der Waals surface area contributed by atoms with Crippen LogP contribution in [0, 0.1) is 0 Å². The number of nitrogens with zero attached hydrogens (tertiary/aromatic N) is 2. The van der Waals surface area contributed by atoms with Crippen LogP contribution in [0.25, 0.3) is 16.2 Å². The quantitative estimate of drug-likeness (QED) is 0.422. The van der Waals surface area contributed by atoms with Crippen molar-refractivity contribution in [2.45, 2.75) is 12.8 Å². The predicted molar refractivity (Wildman–Crippen MR) is 120 cm³/mol. The molecule has 0 saturated carbocycles. The Morgan fingerprint density at radius 2 is 1.97 bits per heavy atom. The van der Waals surface area contributed by atoms with Gasteiger partial charge in [-0.25, -0.2) is 4.98 Å². The fourth-order valence-corrected chi connectivity index (χ4v) is 4.22. The number of hydrogen-bond acceptors (Lipinski definition) is 5. The molecule has 30 heavy (non-hydrogen) atoms. The second-order valence-corrected chi connectivity index (χ2v) is 7.90. The first kappa shape index (κ1) is 20.3. The second kappa shape index (κ2) is 8.77. The number of hydrogen-bond donors (Lipinski definition) is 1. The fraction of sp³-hybridized carbons (Fsp3) is 0.182. The summed E-state index contributed by atoms with van der Waals surface area (Å²) in [6, 6.07) is 12.9. The lowest BCUT2D eigenvalue weighted by molar-refractivity contribution is -0.116. The molecule has 2 aromatic carbocycles. The van der Waals surface area contributed by atoms with E-state index in [0.29, 0.717) is 29.3 Å². The topological polar surface area (TPSA) is 64.9 Å². The molecule has 0 bridgehead atoms. The van der Waals surface area contributed by atoms with Crippen LogP contribution in [0.3, 0.4) is 0 Å². The van der Waals surface area contributed by atoms with E-state index in [1.807, 2.05) is 40.2 Å². The lowest BCUT2D eigenvalue weighted by Gasteiger charge is -2.10. The zero-order valence-corrected chi connectivity index (χ0v) is 18.1. The number of fused-ring (bicyclic) bond motifs is 1. The summed E-state index contributed by atoms with van der Waals surface area (Å²) >= 11 is 7.59. The average molecular weight is 442 g/mol. The van der Waals surface area contributed by atoms with Gasteiger partial charge in [-0.2, -0.15) is 0 Å². The van der Waals surface area contributed by atoms with E-state index in [9.17, 15) is 4.79 Å². The fourth-order valence-electron chi connectivity index (χ4n) is 3.14. The van der Waals surface area contributed by atoms with Crippen LogP contribution in [0.4, 0.5) is 5.69 Å². The van der Waals surface area contributed by atoms with Gasteiger partial charge in [0.05, 0.1) is 25.6 Å². The third-order valence-electron chi connectivity index (χ3n) is 4.71. The molecular formula is C22H20ClN3O3S.